The van der Waals surface area contributed by atoms with Gasteiger partial charge in [0.1, 0.15) is 11.5 Å². The van der Waals surface area contributed by atoms with Crippen molar-refractivity contribution in [2.24, 2.45) is 0 Å². The standard InChI is InChI=1S/C40H28N2O2/c1-3-43-31-14-10-13-30(25-31)42-37-17-7-5-15-33(37)35-24-28(19-21-39(35)42)27-11-9-12-29(23-27)41-38-18-8-6-16-34(38)36-26-32(44-4-2)20-22-40(36)41/h3-26H,1-2H2. The lowest BCUT2D eigenvalue weighted by atomic mass is 10.0. The smallest absolute Gasteiger partial charge is 0.128 e. The molecule has 8 rings (SSSR count). The van der Waals surface area contributed by atoms with Crippen LogP contribution in [0.25, 0.3) is 66.1 Å². The molecule has 0 N–H and O–H groups in total. The Kier molecular flexibility index (Phi) is 6.05. The highest BCUT2D eigenvalue weighted by atomic mass is 16.5. The van der Waals surface area contributed by atoms with Crippen molar-refractivity contribution in [1.82, 2.24) is 9.13 Å². The number of hydrogen-bond acceptors (Lipinski definition) is 2. The third-order valence-corrected chi connectivity index (χ3v) is 8.27. The van der Waals surface area contributed by atoms with Crippen LogP contribution in [0.3, 0.4) is 0 Å². The van der Waals surface area contributed by atoms with Gasteiger partial charge < -0.3 is 18.6 Å². The molecule has 0 aliphatic rings. The highest BCUT2D eigenvalue weighted by Gasteiger charge is 2.16. The molecule has 2 heterocycles. The SMILES string of the molecule is C=COc1cccc(-n2c3ccccc3c3cc(-c4cccc(-n5c6ccccc6c6cc(OC=C)ccc65)c4)ccc32)c1. The second kappa shape index (κ2) is 10.4. The zero-order chi connectivity index (χ0) is 29.6. The molecule has 44 heavy (non-hydrogen) atoms. The first kappa shape index (κ1) is 25.7. The van der Waals surface area contributed by atoms with E-state index in [9.17, 15) is 0 Å². The number of benzene rings is 6. The molecule has 4 nitrogen and oxygen atoms in total. The van der Waals surface area contributed by atoms with E-state index in [1.807, 2.05) is 24.3 Å². The highest BCUT2D eigenvalue weighted by molar-refractivity contribution is 6.11. The van der Waals surface area contributed by atoms with Crippen LogP contribution in [0, 0.1) is 0 Å². The first-order valence-electron chi connectivity index (χ1n) is 14.6. The van der Waals surface area contributed by atoms with Crippen LogP contribution in [-0.4, -0.2) is 9.13 Å². The summed E-state index contributed by atoms with van der Waals surface area (Å²) < 4.78 is 15.8. The fourth-order valence-corrected chi connectivity index (χ4v) is 6.45. The fourth-order valence-electron chi connectivity index (χ4n) is 6.45. The summed E-state index contributed by atoms with van der Waals surface area (Å²) in [5, 5.41) is 4.72. The van der Waals surface area contributed by atoms with Crippen LogP contribution in [0.15, 0.2) is 159 Å². The average Bonchev–Trinajstić information content (AvgIpc) is 3.58. The predicted molar refractivity (Wildman–Crippen MR) is 182 cm³/mol. The van der Waals surface area contributed by atoms with E-state index in [2.05, 4.69) is 131 Å². The Hall–Kier alpha value is -6.00. The maximum absolute atomic E-state index is 5.61. The molecule has 0 atom stereocenters. The molecule has 0 aliphatic heterocycles. The topological polar surface area (TPSA) is 28.3 Å². The van der Waals surface area contributed by atoms with Gasteiger partial charge in [0, 0.05) is 39.0 Å². The van der Waals surface area contributed by atoms with Gasteiger partial charge in [-0.05, 0) is 77.9 Å². The molecule has 0 aliphatic carbocycles. The normalized spacial score (nSPS) is 11.4. The second-order valence-electron chi connectivity index (χ2n) is 10.7. The molecule has 0 saturated carbocycles. The summed E-state index contributed by atoms with van der Waals surface area (Å²) in [6, 6.07) is 46.9. The number of nitrogens with zero attached hydrogens (tertiary/aromatic N) is 2. The Morgan fingerprint density at radius 3 is 1.61 bits per heavy atom. The van der Waals surface area contributed by atoms with Crippen molar-refractivity contribution in [3.8, 4) is 34.0 Å². The second-order valence-corrected chi connectivity index (χ2v) is 10.7. The van der Waals surface area contributed by atoms with Crippen molar-refractivity contribution < 1.29 is 9.47 Å². The van der Waals surface area contributed by atoms with E-state index in [0.717, 1.165) is 61.5 Å². The van der Waals surface area contributed by atoms with Crippen LogP contribution in [0.1, 0.15) is 0 Å². The van der Waals surface area contributed by atoms with Gasteiger partial charge in [-0.1, -0.05) is 73.8 Å². The molecule has 8 aromatic rings. The van der Waals surface area contributed by atoms with E-state index >= 15 is 0 Å². The van der Waals surface area contributed by atoms with Crippen LogP contribution >= 0.6 is 0 Å². The predicted octanol–water partition coefficient (Wildman–Crippen LogP) is 10.6. The van der Waals surface area contributed by atoms with Crippen molar-refractivity contribution in [3.63, 3.8) is 0 Å². The molecule has 0 bridgehead atoms. The molecular weight excluding hydrogens is 540 g/mol. The van der Waals surface area contributed by atoms with E-state index in [0.29, 0.717) is 0 Å². The summed E-state index contributed by atoms with van der Waals surface area (Å²) in [6.45, 7) is 7.43. The summed E-state index contributed by atoms with van der Waals surface area (Å²) in [7, 11) is 0. The minimum absolute atomic E-state index is 0.756. The number of ether oxygens (including phenoxy) is 2. The highest BCUT2D eigenvalue weighted by Crippen LogP contribution is 2.38. The van der Waals surface area contributed by atoms with Gasteiger partial charge in [-0.3, -0.25) is 0 Å². The van der Waals surface area contributed by atoms with Crippen molar-refractivity contribution in [2.45, 2.75) is 0 Å². The van der Waals surface area contributed by atoms with Gasteiger partial charge in [-0.25, -0.2) is 0 Å². The van der Waals surface area contributed by atoms with Crippen molar-refractivity contribution in [2.75, 3.05) is 0 Å². The fraction of sp³-hybridized carbons (Fsp3) is 0. The van der Waals surface area contributed by atoms with E-state index in [-0.39, 0.29) is 0 Å². The van der Waals surface area contributed by atoms with Gasteiger partial charge in [-0.2, -0.15) is 0 Å². The summed E-state index contributed by atoms with van der Waals surface area (Å²) in [4.78, 5) is 0. The van der Waals surface area contributed by atoms with Gasteiger partial charge in [0.05, 0.1) is 34.6 Å². The summed E-state index contributed by atoms with van der Waals surface area (Å²) in [5.74, 6) is 1.53. The van der Waals surface area contributed by atoms with E-state index in [1.165, 1.54) is 28.7 Å². The van der Waals surface area contributed by atoms with E-state index in [1.54, 1.807) is 0 Å². The van der Waals surface area contributed by atoms with E-state index < -0.39 is 0 Å². The molecular formula is C40H28N2O2. The zero-order valence-electron chi connectivity index (χ0n) is 24.0. The minimum Gasteiger partial charge on any atom is -0.466 e. The molecule has 2 aromatic heterocycles. The van der Waals surface area contributed by atoms with Crippen LogP contribution in [0.5, 0.6) is 11.5 Å². The average molecular weight is 569 g/mol. The van der Waals surface area contributed by atoms with Gasteiger partial charge in [0.2, 0.25) is 0 Å². The van der Waals surface area contributed by atoms with Crippen LogP contribution in [0.4, 0.5) is 0 Å². The first-order chi connectivity index (χ1) is 21.7. The Labute approximate surface area is 254 Å². The molecule has 0 spiro atoms. The number of fused-ring (bicyclic) bond motifs is 6. The van der Waals surface area contributed by atoms with Gasteiger partial charge >= 0.3 is 0 Å². The molecule has 0 unspecified atom stereocenters. The Morgan fingerprint density at radius 2 is 0.932 bits per heavy atom. The third-order valence-electron chi connectivity index (χ3n) is 8.27. The molecule has 0 radical (unpaired) electrons. The van der Waals surface area contributed by atoms with Crippen molar-refractivity contribution in [1.29, 1.82) is 0 Å². The van der Waals surface area contributed by atoms with Crippen LogP contribution in [0.2, 0.25) is 0 Å². The Morgan fingerprint density at radius 1 is 0.409 bits per heavy atom. The molecule has 6 aromatic carbocycles. The van der Waals surface area contributed by atoms with E-state index in [4.69, 9.17) is 9.47 Å². The molecule has 210 valence electrons. The van der Waals surface area contributed by atoms with Crippen molar-refractivity contribution in [3.05, 3.63) is 159 Å². The lowest BCUT2D eigenvalue weighted by Crippen LogP contribution is -1.95. The van der Waals surface area contributed by atoms with Gasteiger partial charge in [0.15, 0.2) is 0 Å². The zero-order valence-corrected chi connectivity index (χ0v) is 24.0. The molecule has 0 fully saturated rings. The molecule has 0 amide bonds. The lowest BCUT2D eigenvalue weighted by Gasteiger charge is -2.11. The molecule has 4 heteroatoms. The first-order valence-corrected chi connectivity index (χ1v) is 14.6. The minimum atomic E-state index is 0.756. The molecule has 0 saturated heterocycles. The summed E-state index contributed by atoms with van der Waals surface area (Å²) in [6.07, 6.45) is 2.92. The number of aromatic nitrogens is 2. The van der Waals surface area contributed by atoms with Gasteiger partial charge in [0.25, 0.3) is 0 Å². The van der Waals surface area contributed by atoms with Crippen LogP contribution in [-0.2, 0) is 0 Å². The number of rotatable bonds is 7. The Bertz CT molecular complexity index is 2390. The Balaban J connectivity index is 1.29. The van der Waals surface area contributed by atoms with Gasteiger partial charge in [-0.15, -0.1) is 0 Å². The number of hydrogen-bond donors (Lipinski definition) is 0. The largest absolute Gasteiger partial charge is 0.466 e. The number of para-hydroxylation sites is 2. The maximum atomic E-state index is 5.61. The maximum Gasteiger partial charge on any atom is 0.128 e. The monoisotopic (exact) mass is 568 g/mol. The quantitative estimate of drug-likeness (QED) is 0.179. The van der Waals surface area contributed by atoms with Crippen molar-refractivity contribution >= 4 is 43.6 Å². The summed E-state index contributed by atoms with van der Waals surface area (Å²) >= 11 is 0. The van der Waals surface area contributed by atoms with Crippen LogP contribution < -0.4 is 9.47 Å². The lowest BCUT2D eigenvalue weighted by molar-refractivity contribution is 0.483. The summed E-state index contributed by atoms with van der Waals surface area (Å²) in [5.41, 5.74) is 9.02. The third kappa shape index (κ3) is 4.08.